The molecule has 108 valence electrons. The van der Waals surface area contributed by atoms with Gasteiger partial charge in [-0.25, -0.2) is 0 Å². The zero-order valence-electron chi connectivity index (χ0n) is 15.0. The molecule has 18 heavy (non-hydrogen) atoms. The molecule has 0 aromatic rings. The van der Waals surface area contributed by atoms with E-state index in [2.05, 4.69) is 0 Å². The van der Waals surface area contributed by atoms with Gasteiger partial charge >= 0.3 is 141 Å². The minimum atomic E-state index is -3.13. The predicted molar refractivity (Wildman–Crippen MR) is 67.4 cm³/mol. The maximum absolute atomic E-state index is 8.74. The molecule has 0 saturated heterocycles. The molecule has 0 amide bonds. The second-order valence-electron chi connectivity index (χ2n) is 0.848. The van der Waals surface area contributed by atoms with Crippen LogP contribution in [0.1, 0.15) is 8.56 Å². The molecule has 0 rings (SSSR count). The maximum Gasteiger partial charge on any atom is 2.00 e. The minimum Gasteiger partial charge on any atom is -1.00 e. The van der Waals surface area contributed by atoms with Crippen molar-refractivity contribution in [1.82, 2.24) is 0 Å². The first-order valence-corrected chi connectivity index (χ1v) is 5.86. The molecule has 0 bridgehead atoms. The van der Waals surface area contributed by atoms with E-state index in [9.17, 15) is 0 Å². The third kappa shape index (κ3) is 901. The first-order valence-electron chi connectivity index (χ1n) is 1.95. The van der Waals surface area contributed by atoms with Gasteiger partial charge in [0, 0.05) is 0 Å². The van der Waals surface area contributed by atoms with Crippen LogP contribution < -0.4 is 0 Å². The summed E-state index contributed by atoms with van der Waals surface area (Å²) in [4.78, 5) is 42.9. The smallest absolute Gasteiger partial charge is 1.00 e. The summed E-state index contributed by atoms with van der Waals surface area (Å²) in [5.41, 5.74) is 0. The molecule has 0 fully saturated rings. The van der Waals surface area contributed by atoms with Gasteiger partial charge in [-0.3, -0.25) is 13.4 Å². The quantitative estimate of drug-likeness (QED) is 0.205. The summed E-state index contributed by atoms with van der Waals surface area (Å²) >= 11 is 0. The molecule has 0 radical (unpaired) electrons. The summed E-state index contributed by atoms with van der Waals surface area (Å²) < 4.78 is 26.2. The number of rotatable bonds is 0. The van der Waals surface area contributed by atoms with Crippen LogP contribution in [0.3, 0.4) is 0 Å². The molecule has 12 nitrogen and oxygen atoms in total. The van der Waals surface area contributed by atoms with Crippen molar-refractivity contribution in [2.45, 2.75) is 0 Å². The molecule has 0 aliphatic heterocycles. The topological polar surface area (TPSA) is 267 Å². The van der Waals surface area contributed by atoms with Crippen LogP contribution in [0, 0.1) is 0 Å². The Morgan fingerprint density at radius 3 is 0.500 bits per heavy atom. The van der Waals surface area contributed by atoms with Crippen LogP contribution in [0.4, 0.5) is 0 Å². The van der Waals surface area contributed by atoms with E-state index in [4.69, 9.17) is 42.2 Å². The van der Waals surface area contributed by atoms with Gasteiger partial charge in [-0.05, 0) is 0 Å². The van der Waals surface area contributed by atoms with Crippen molar-refractivity contribution in [3.63, 3.8) is 0 Å². The van der Waals surface area contributed by atoms with E-state index >= 15 is 0 Å². The molecule has 0 atom stereocenters. The average molecular weight is 415 g/mol. The summed E-state index contributed by atoms with van der Waals surface area (Å²) in [5.74, 6) is 0. The van der Waals surface area contributed by atoms with Gasteiger partial charge < -0.3 is 53.8 Å². The van der Waals surface area contributed by atoms with Gasteiger partial charge in [0.2, 0.25) is 0 Å². The summed E-state index contributed by atoms with van der Waals surface area (Å²) in [5, 5.41) is 0. The van der Waals surface area contributed by atoms with Crippen molar-refractivity contribution in [2.24, 2.45) is 0 Å². The van der Waals surface area contributed by atoms with Crippen molar-refractivity contribution >= 4 is 141 Å². The van der Waals surface area contributed by atoms with E-state index < -0.39 is 27.5 Å². The Balaban J connectivity index is -0.00000000312. The normalized spacial score (nSPS) is 4.00. The van der Waals surface area contributed by atoms with Crippen LogP contribution in [-0.2, 0) is 13.4 Å². The van der Waals surface area contributed by atoms with E-state index in [0.29, 0.717) is 0 Å². The first kappa shape index (κ1) is 58.9. The summed E-state index contributed by atoms with van der Waals surface area (Å²) in [7, 11) is -9.39. The fraction of sp³-hybridized carbons (Fsp3) is 0. The second kappa shape index (κ2) is 50.5. The van der Waals surface area contributed by atoms with Crippen molar-refractivity contribution in [3.05, 3.63) is 0 Å². The van der Waals surface area contributed by atoms with Crippen molar-refractivity contribution in [3.8, 4) is 0 Å². The standard InChI is InChI=1S/3Ca.3H2O3Si.3H2O.6H/c;;;3*1-4(2)3;;;;;;;;;/h;;;3*1-2H;3*1H2;;;;;;/q3*+2;;;;;;;6*-1. The van der Waals surface area contributed by atoms with Gasteiger partial charge in [-0.15, -0.1) is 0 Å². The Hall–Kier alpha value is 2.51. The van der Waals surface area contributed by atoms with Crippen LogP contribution in [0.2, 0.25) is 0 Å². The summed E-state index contributed by atoms with van der Waals surface area (Å²) in [6.45, 7) is 0. The van der Waals surface area contributed by atoms with Gasteiger partial charge in [0.25, 0.3) is 0 Å². The molecule has 0 unspecified atom stereocenters. The predicted octanol–water partition coefficient (Wildman–Crippen LogP) is -7.78. The minimum absolute atomic E-state index is 0. The zero-order chi connectivity index (χ0) is 10.7. The maximum atomic E-state index is 8.74. The van der Waals surface area contributed by atoms with E-state index in [1.165, 1.54) is 0 Å². The Labute approximate surface area is 204 Å². The Morgan fingerprint density at radius 2 is 0.500 bits per heavy atom. The molecule has 0 aliphatic carbocycles. The molecule has 18 heteroatoms. The molecule has 0 aromatic heterocycles. The van der Waals surface area contributed by atoms with Gasteiger partial charge in [-0.2, -0.15) is 0 Å². The van der Waals surface area contributed by atoms with E-state index in [-0.39, 0.29) is 138 Å². The Kier molecular flexibility index (Phi) is 165. The van der Waals surface area contributed by atoms with E-state index in [1.54, 1.807) is 0 Å². The van der Waals surface area contributed by atoms with Crippen molar-refractivity contribution in [1.29, 1.82) is 0 Å². The second-order valence-corrected chi connectivity index (χ2v) is 2.54. The summed E-state index contributed by atoms with van der Waals surface area (Å²) in [6.07, 6.45) is 0. The Morgan fingerprint density at radius 1 is 0.500 bits per heavy atom. The SMILES string of the molecule is O.O.O.O=[Si](O)O.O=[Si](O)O.O=[Si](O)O.[Ca+2].[Ca+2].[Ca+2].[H-].[H-].[H-].[H-].[H-].[H-]. The molecule has 0 aliphatic rings. The largest absolute Gasteiger partial charge is 2.00 e. The molecule has 0 heterocycles. The molecule has 0 spiro atoms. The Bertz CT molecular complexity index is 140. The third-order valence-corrected chi connectivity index (χ3v) is 0. The number of hydrogen-bond donors (Lipinski definition) is 6. The third-order valence-electron chi connectivity index (χ3n) is 0. The fourth-order valence-corrected chi connectivity index (χ4v) is 0. The molecule has 12 N–H and O–H groups in total. The average Bonchev–Trinajstić information content (AvgIpc) is 1.54. The molecular weight excluding hydrogens is 396 g/mol. The van der Waals surface area contributed by atoms with E-state index in [0.717, 1.165) is 0 Å². The van der Waals surface area contributed by atoms with Gasteiger partial charge in [0.15, 0.2) is 0 Å². The summed E-state index contributed by atoms with van der Waals surface area (Å²) in [6, 6.07) is 0. The first-order chi connectivity index (χ1) is 5.20. The van der Waals surface area contributed by atoms with Crippen molar-refractivity contribution in [2.75, 3.05) is 0 Å². The number of hydrogen-bond acceptors (Lipinski definition) is 3. The molecule has 0 saturated carbocycles. The molecule has 0 aromatic carbocycles. The zero-order valence-corrected chi connectivity index (χ0v) is 18.7. The van der Waals surface area contributed by atoms with Gasteiger partial charge in [-0.1, -0.05) is 0 Å². The van der Waals surface area contributed by atoms with Crippen LogP contribution in [0.5, 0.6) is 0 Å². The van der Waals surface area contributed by atoms with Crippen LogP contribution in [0.15, 0.2) is 0 Å². The van der Waals surface area contributed by atoms with Gasteiger partial charge in [0.05, 0.1) is 0 Å². The fourth-order valence-electron chi connectivity index (χ4n) is 0. The van der Waals surface area contributed by atoms with E-state index in [1.807, 2.05) is 0 Å². The molecular formula is H18Ca3O12Si3. The van der Waals surface area contributed by atoms with Crippen LogP contribution >= 0.6 is 0 Å². The van der Waals surface area contributed by atoms with Gasteiger partial charge in [0.1, 0.15) is 0 Å². The van der Waals surface area contributed by atoms with Crippen LogP contribution in [-0.4, -0.2) is 186 Å². The van der Waals surface area contributed by atoms with Crippen LogP contribution in [0.25, 0.3) is 0 Å². The van der Waals surface area contributed by atoms with Crippen molar-refractivity contribution < 1.29 is 67.1 Å². The monoisotopic (exact) mass is 414 g/mol.